The van der Waals surface area contributed by atoms with Crippen LogP contribution in [0, 0.1) is 52.3 Å². The summed E-state index contributed by atoms with van der Waals surface area (Å²) in [6, 6.07) is 0. The number of rotatable bonds is 5. The second-order valence-electron chi connectivity index (χ2n) is 12.9. The molecule has 4 N–H and O–H groups in total. The van der Waals surface area contributed by atoms with Crippen LogP contribution in [0.15, 0.2) is 12.2 Å². The number of cyclic esters (lactones) is 1. The summed E-state index contributed by atoms with van der Waals surface area (Å²) in [5, 5.41) is 42.7. The SMILES string of the molecule is C=C(C(C)C)[C@@H](O)[C@H](O)[C@@H](C)C1CCC2C3COC(=O)[C@H]4C[C@H](O)[C@H](O)C[C@]4(C)C3CC[C@@]21C. The van der Waals surface area contributed by atoms with E-state index >= 15 is 0 Å². The predicted octanol–water partition coefficient (Wildman–Crippen LogP) is 3.31. The lowest BCUT2D eigenvalue weighted by Crippen LogP contribution is -2.55. The van der Waals surface area contributed by atoms with Crippen molar-refractivity contribution < 1.29 is 30.0 Å². The number of aliphatic hydroxyl groups excluding tert-OH is 4. The smallest absolute Gasteiger partial charge is 0.309 e. The maximum absolute atomic E-state index is 13.0. The molecule has 0 amide bonds. The van der Waals surface area contributed by atoms with Crippen LogP contribution in [0.1, 0.15) is 73.1 Å². The van der Waals surface area contributed by atoms with Gasteiger partial charge in [0.05, 0.1) is 30.8 Å². The maximum atomic E-state index is 13.0. The Kier molecular flexibility index (Phi) is 7.05. The van der Waals surface area contributed by atoms with Gasteiger partial charge in [-0.3, -0.25) is 4.79 Å². The molecule has 34 heavy (non-hydrogen) atoms. The van der Waals surface area contributed by atoms with E-state index in [9.17, 15) is 25.2 Å². The molecule has 0 spiro atoms. The number of fused-ring (bicyclic) bond motifs is 5. The fourth-order valence-electron chi connectivity index (χ4n) is 8.78. The Balaban J connectivity index is 1.58. The Morgan fingerprint density at radius 3 is 2.32 bits per heavy atom. The normalized spacial score (nSPS) is 47.0. The van der Waals surface area contributed by atoms with Crippen molar-refractivity contribution >= 4 is 5.97 Å². The van der Waals surface area contributed by atoms with Crippen LogP contribution in [-0.2, 0) is 9.53 Å². The topological polar surface area (TPSA) is 107 Å². The molecule has 4 aliphatic rings. The third-order valence-electron chi connectivity index (χ3n) is 11.0. The number of carbonyl (C=O) groups is 1. The molecule has 6 nitrogen and oxygen atoms in total. The monoisotopic (exact) mass is 478 g/mol. The highest BCUT2D eigenvalue weighted by Crippen LogP contribution is 2.66. The maximum Gasteiger partial charge on any atom is 0.309 e. The van der Waals surface area contributed by atoms with E-state index in [0.717, 1.165) is 25.7 Å². The highest BCUT2D eigenvalue weighted by atomic mass is 16.5. The number of esters is 1. The van der Waals surface area contributed by atoms with E-state index in [2.05, 4.69) is 27.4 Å². The molecule has 12 atom stereocenters. The van der Waals surface area contributed by atoms with Crippen molar-refractivity contribution in [3.8, 4) is 0 Å². The Hall–Kier alpha value is -0.950. The lowest BCUT2D eigenvalue weighted by atomic mass is 9.48. The summed E-state index contributed by atoms with van der Waals surface area (Å²) in [5.41, 5.74) is 0.290. The zero-order valence-electron chi connectivity index (χ0n) is 21.6. The first-order chi connectivity index (χ1) is 15.8. The van der Waals surface area contributed by atoms with Gasteiger partial charge in [0, 0.05) is 0 Å². The predicted molar refractivity (Wildman–Crippen MR) is 129 cm³/mol. The van der Waals surface area contributed by atoms with Gasteiger partial charge in [0.2, 0.25) is 0 Å². The molecule has 0 aromatic heterocycles. The van der Waals surface area contributed by atoms with E-state index in [1.165, 1.54) is 0 Å². The zero-order valence-corrected chi connectivity index (χ0v) is 21.6. The number of aliphatic hydroxyl groups is 4. The lowest BCUT2D eigenvalue weighted by molar-refractivity contribution is -0.162. The van der Waals surface area contributed by atoms with Crippen molar-refractivity contribution in [1.82, 2.24) is 0 Å². The van der Waals surface area contributed by atoms with E-state index in [0.29, 0.717) is 24.5 Å². The van der Waals surface area contributed by atoms with E-state index in [1.807, 2.05) is 13.8 Å². The zero-order chi connectivity index (χ0) is 25.2. The number of ether oxygens (including phenoxy) is 1. The van der Waals surface area contributed by atoms with Crippen LogP contribution < -0.4 is 0 Å². The van der Waals surface area contributed by atoms with Gasteiger partial charge in [-0.15, -0.1) is 0 Å². The summed E-state index contributed by atoms with van der Waals surface area (Å²) in [7, 11) is 0. The van der Waals surface area contributed by atoms with E-state index in [4.69, 9.17) is 4.74 Å². The summed E-state index contributed by atoms with van der Waals surface area (Å²) in [4.78, 5) is 13.0. The minimum absolute atomic E-state index is 0.00412. The van der Waals surface area contributed by atoms with Gasteiger partial charge in [-0.1, -0.05) is 41.2 Å². The molecule has 1 heterocycles. The van der Waals surface area contributed by atoms with Gasteiger partial charge in [0.1, 0.15) is 6.10 Å². The summed E-state index contributed by atoms with van der Waals surface area (Å²) < 4.78 is 5.85. The van der Waals surface area contributed by atoms with Crippen LogP contribution in [0.2, 0.25) is 0 Å². The van der Waals surface area contributed by atoms with Crippen LogP contribution in [-0.4, -0.2) is 57.4 Å². The van der Waals surface area contributed by atoms with Crippen LogP contribution in [0.4, 0.5) is 0 Å². The molecule has 0 aromatic carbocycles. The van der Waals surface area contributed by atoms with Crippen LogP contribution in [0.3, 0.4) is 0 Å². The lowest BCUT2D eigenvalue weighted by Gasteiger charge is -2.56. The van der Waals surface area contributed by atoms with E-state index in [-0.39, 0.29) is 58.7 Å². The fourth-order valence-corrected chi connectivity index (χ4v) is 8.78. The standard InChI is InChI=1S/C28H46O6/c1-14(2)15(3)24(31)25(32)16(4)18-7-8-19-17-13-34-26(33)21-11-22(29)23(30)12-28(21,6)20(17)9-10-27(18,19)5/h14,16-25,29-32H,3,7-13H2,1-2,4-6H3/t16-,17?,18?,19?,20?,21+,22-,23+,24+,25+,27+,28+/m0/s1. The first-order valence-electron chi connectivity index (χ1n) is 13.4. The number of carbonyl (C=O) groups excluding carboxylic acids is 1. The molecule has 6 heteroatoms. The largest absolute Gasteiger partial charge is 0.465 e. The molecule has 1 saturated heterocycles. The minimum Gasteiger partial charge on any atom is -0.465 e. The molecular weight excluding hydrogens is 432 g/mol. The second kappa shape index (κ2) is 9.17. The molecule has 4 fully saturated rings. The van der Waals surface area contributed by atoms with Gasteiger partial charge in [-0.25, -0.2) is 0 Å². The van der Waals surface area contributed by atoms with Gasteiger partial charge in [-0.2, -0.15) is 0 Å². The minimum atomic E-state index is -0.928. The second-order valence-corrected chi connectivity index (χ2v) is 12.9. The molecule has 4 unspecified atom stereocenters. The van der Waals surface area contributed by atoms with Gasteiger partial charge < -0.3 is 25.2 Å². The first kappa shape index (κ1) is 26.1. The van der Waals surface area contributed by atoms with E-state index < -0.39 is 24.4 Å². The quantitative estimate of drug-likeness (QED) is 0.357. The Bertz CT molecular complexity index is 796. The van der Waals surface area contributed by atoms with Crippen LogP contribution in [0.25, 0.3) is 0 Å². The summed E-state index contributed by atoms with van der Waals surface area (Å²) in [5.74, 6) is 0.546. The van der Waals surface area contributed by atoms with Crippen molar-refractivity contribution in [3.05, 3.63) is 12.2 Å². The first-order valence-corrected chi connectivity index (χ1v) is 13.4. The molecule has 3 saturated carbocycles. The number of hydrogen-bond acceptors (Lipinski definition) is 6. The van der Waals surface area contributed by atoms with Crippen molar-refractivity contribution in [2.24, 2.45) is 52.3 Å². The average molecular weight is 479 g/mol. The van der Waals surface area contributed by atoms with Crippen LogP contribution in [0.5, 0.6) is 0 Å². The molecule has 3 aliphatic carbocycles. The van der Waals surface area contributed by atoms with Gasteiger partial charge in [0.15, 0.2) is 0 Å². The molecule has 4 rings (SSSR count). The van der Waals surface area contributed by atoms with Gasteiger partial charge in [-0.05, 0) is 90.4 Å². The molecule has 0 radical (unpaired) electrons. The highest BCUT2D eigenvalue weighted by Gasteiger charge is 2.63. The molecule has 0 aromatic rings. The molecule has 194 valence electrons. The Labute approximate surface area is 204 Å². The average Bonchev–Trinajstić information content (AvgIpc) is 3.09. The van der Waals surface area contributed by atoms with Gasteiger partial charge >= 0.3 is 5.97 Å². The summed E-state index contributed by atoms with van der Waals surface area (Å²) in [6.07, 6.45) is 1.19. The van der Waals surface area contributed by atoms with Crippen molar-refractivity contribution in [3.63, 3.8) is 0 Å². The van der Waals surface area contributed by atoms with Crippen molar-refractivity contribution in [2.45, 2.75) is 97.6 Å². The summed E-state index contributed by atoms with van der Waals surface area (Å²) >= 11 is 0. The third kappa shape index (κ3) is 3.97. The molecule has 0 bridgehead atoms. The molecular formula is C28H46O6. The fraction of sp³-hybridized carbons (Fsp3) is 0.893. The van der Waals surface area contributed by atoms with Crippen molar-refractivity contribution in [2.75, 3.05) is 6.61 Å². The highest BCUT2D eigenvalue weighted by molar-refractivity contribution is 5.74. The summed E-state index contributed by atoms with van der Waals surface area (Å²) in [6.45, 7) is 14.9. The van der Waals surface area contributed by atoms with E-state index in [1.54, 1.807) is 0 Å². The Morgan fingerprint density at radius 1 is 1.03 bits per heavy atom. The Morgan fingerprint density at radius 2 is 1.68 bits per heavy atom. The van der Waals surface area contributed by atoms with Crippen molar-refractivity contribution in [1.29, 1.82) is 0 Å². The number of hydrogen-bond donors (Lipinski definition) is 4. The molecule has 1 aliphatic heterocycles. The van der Waals surface area contributed by atoms with Gasteiger partial charge in [0.25, 0.3) is 0 Å². The third-order valence-corrected chi connectivity index (χ3v) is 11.0. The van der Waals surface area contributed by atoms with Crippen LogP contribution >= 0.6 is 0 Å².